The minimum atomic E-state index is -0.292. The third-order valence-corrected chi connectivity index (χ3v) is 4.78. The number of ether oxygens (including phenoxy) is 1. The number of piperidine rings is 1. The summed E-state index contributed by atoms with van der Waals surface area (Å²) in [5.74, 6) is -0.683. The number of rotatable bonds is 3. The highest BCUT2D eigenvalue weighted by molar-refractivity contribution is 6.32. The molecule has 3 amide bonds. The van der Waals surface area contributed by atoms with E-state index in [2.05, 4.69) is 0 Å². The summed E-state index contributed by atoms with van der Waals surface area (Å²) in [6.45, 7) is 0.916. The molecule has 0 aliphatic carbocycles. The Balaban J connectivity index is 1.57. The molecular formula is C18H19ClN2O4. The number of benzene rings is 1. The Bertz CT molecular complexity index is 695. The molecule has 2 aliphatic heterocycles. The molecule has 1 aromatic rings. The van der Waals surface area contributed by atoms with Crippen LogP contribution in [-0.2, 0) is 19.1 Å². The van der Waals surface area contributed by atoms with Crippen molar-refractivity contribution in [3.05, 3.63) is 40.9 Å². The molecule has 0 unspecified atom stereocenters. The number of imide groups is 1. The van der Waals surface area contributed by atoms with Gasteiger partial charge in [-0.2, -0.15) is 0 Å². The number of hydrogen-bond acceptors (Lipinski definition) is 4. The van der Waals surface area contributed by atoms with Crippen LogP contribution in [0.2, 0.25) is 5.02 Å². The quantitative estimate of drug-likeness (QED) is 0.606. The number of carbonyl (C=O) groups is 3. The van der Waals surface area contributed by atoms with Gasteiger partial charge in [0, 0.05) is 30.2 Å². The molecule has 0 atom stereocenters. The summed E-state index contributed by atoms with van der Waals surface area (Å²) in [6, 6.07) is 7.15. The molecule has 0 aromatic heterocycles. The number of carbonyl (C=O) groups excluding carboxylic acids is 3. The highest BCUT2D eigenvalue weighted by atomic mass is 35.5. The van der Waals surface area contributed by atoms with Gasteiger partial charge in [0.2, 0.25) is 5.91 Å². The van der Waals surface area contributed by atoms with Crippen molar-refractivity contribution in [2.45, 2.75) is 18.9 Å². The van der Waals surface area contributed by atoms with Gasteiger partial charge in [0.05, 0.1) is 0 Å². The number of halogens is 1. The Morgan fingerprint density at radius 3 is 2.40 bits per heavy atom. The number of amides is 3. The summed E-state index contributed by atoms with van der Waals surface area (Å²) in [6.07, 6.45) is 4.38. The summed E-state index contributed by atoms with van der Waals surface area (Å²) >= 11 is 6.07. The summed E-state index contributed by atoms with van der Waals surface area (Å²) < 4.78 is 4.93. The Morgan fingerprint density at radius 1 is 1.12 bits per heavy atom. The molecule has 1 aromatic carbocycles. The molecule has 0 saturated carbocycles. The lowest BCUT2D eigenvalue weighted by molar-refractivity contribution is -0.162. The summed E-state index contributed by atoms with van der Waals surface area (Å²) in [5.41, 5.74) is 0.789. The largest absolute Gasteiger partial charge is 0.362 e. The first-order valence-electron chi connectivity index (χ1n) is 8.20. The van der Waals surface area contributed by atoms with Crippen LogP contribution in [0.3, 0.4) is 0 Å². The molecule has 2 fully saturated rings. The zero-order valence-corrected chi connectivity index (χ0v) is 14.4. The lowest BCUT2D eigenvalue weighted by Crippen LogP contribution is -2.55. The topological polar surface area (TPSA) is 66.9 Å². The van der Waals surface area contributed by atoms with Crippen molar-refractivity contribution >= 4 is 35.4 Å². The van der Waals surface area contributed by atoms with Crippen LogP contribution in [0.15, 0.2) is 30.3 Å². The van der Waals surface area contributed by atoms with Crippen molar-refractivity contribution in [3.63, 3.8) is 0 Å². The van der Waals surface area contributed by atoms with Crippen LogP contribution in [-0.4, -0.2) is 59.9 Å². The smallest absolute Gasteiger partial charge is 0.255 e. The van der Waals surface area contributed by atoms with E-state index in [0.29, 0.717) is 31.0 Å². The second kappa shape index (κ2) is 7.80. The summed E-state index contributed by atoms with van der Waals surface area (Å²) in [7, 11) is 0. The SMILES string of the molecule is O=C(C=Cc1ccccc1Cl)N1CCC(N2C(=O)COCC2=O)CC1. The molecule has 0 bridgehead atoms. The van der Waals surface area contributed by atoms with Crippen LogP contribution in [0.5, 0.6) is 0 Å². The molecule has 7 heteroatoms. The molecular weight excluding hydrogens is 344 g/mol. The van der Waals surface area contributed by atoms with Crippen molar-refractivity contribution in [2.75, 3.05) is 26.3 Å². The van der Waals surface area contributed by atoms with Crippen molar-refractivity contribution < 1.29 is 19.1 Å². The van der Waals surface area contributed by atoms with Crippen LogP contribution in [0.4, 0.5) is 0 Å². The van der Waals surface area contributed by atoms with E-state index >= 15 is 0 Å². The van der Waals surface area contributed by atoms with Crippen molar-refractivity contribution in [1.29, 1.82) is 0 Å². The van der Waals surface area contributed by atoms with Gasteiger partial charge in [-0.25, -0.2) is 0 Å². The van der Waals surface area contributed by atoms with Gasteiger partial charge in [0.15, 0.2) is 0 Å². The third-order valence-electron chi connectivity index (χ3n) is 4.44. The Morgan fingerprint density at radius 2 is 1.76 bits per heavy atom. The van der Waals surface area contributed by atoms with Crippen LogP contribution in [0, 0.1) is 0 Å². The number of morpholine rings is 1. The van der Waals surface area contributed by atoms with E-state index < -0.39 is 0 Å². The highest BCUT2D eigenvalue weighted by Gasteiger charge is 2.35. The summed E-state index contributed by atoms with van der Waals surface area (Å²) in [4.78, 5) is 39.1. The minimum absolute atomic E-state index is 0.0501. The maximum absolute atomic E-state index is 12.3. The first-order valence-corrected chi connectivity index (χ1v) is 8.58. The van der Waals surface area contributed by atoms with E-state index in [9.17, 15) is 14.4 Å². The van der Waals surface area contributed by atoms with Gasteiger partial charge in [-0.1, -0.05) is 29.8 Å². The molecule has 2 saturated heterocycles. The molecule has 0 N–H and O–H groups in total. The second-order valence-corrected chi connectivity index (χ2v) is 6.47. The van der Waals surface area contributed by atoms with Gasteiger partial charge in [0.1, 0.15) is 13.2 Å². The van der Waals surface area contributed by atoms with Crippen LogP contribution < -0.4 is 0 Å². The fourth-order valence-electron chi connectivity index (χ4n) is 3.13. The fourth-order valence-corrected chi connectivity index (χ4v) is 3.33. The van der Waals surface area contributed by atoms with Crippen molar-refractivity contribution in [2.24, 2.45) is 0 Å². The zero-order valence-electron chi connectivity index (χ0n) is 13.7. The lowest BCUT2D eigenvalue weighted by Gasteiger charge is -2.38. The van der Waals surface area contributed by atoms with Crippen molar-refractivity contribution in [1.82, 2.24) is 9.80 Å². The molecule has 2 aliphatic rings. The van der Waals surface area contributed by atoms with Gasteiger partial charge in [-0.05, 0) is 30.5 Å². The van der Waals surface area contributed by atoms with Gasteiger partial charge in [0.25, 0.3) is 11.8 Å². The molecule has 25 heavy (non-hydrogen) atoms. The third kappa shape index (κ3) is 4.08. The number of hydrogen-bond donors (Lipinski definition) is 0. The van der Waals surface area contributed by atoms with Crippen LogP contribution in [0.1, 0.15) is 18.4 Å². The zero-order chi connectivity index (χ0) is 17.8. The molecule has 0 spiro atoms. The Kier molecular flexibility index (Phi) is 5.50. The fraction of sp³-hybridized carbons (Fsp3) is 0.389. The normalized spacial score (nSPS) is 19.7. The minimum Gasteiger partial charge on any atom is -0.362 e. The first-order chi connectivity index (χ1) is 12.1. The first kappa shape index (κ1) is 17.6. The highest BCUT2D eigenvalue weighted by Crippen LogP contribution is 2.20. The number of likely N-dealkylation sites (tertiary alicyclic amines) is 1. The molecule has 6 nitrogen and oxygen atoms in total. The maximum Gasteiger partial charge on any atom is 0.255 e. The monoisotopic (exact) mass is 362 g/mol. The molecule has 0 radical (unpaired) electrons. The van der Waals surface area contributed by atoms with Crippen LogP contribution >= 0.6 is 11.6 Å². The van der Waals surface area contributed by atoms with Gasteiger partial charge in [-0.15, -0.1) is 0 Å². The van der Waals surface area contributed by atoms with E-state index in [-0.39, 0.29) is 37.0 Å². The van der Waals surface area contributed by atoms with E-state index in [1.807, 2.05) is 18.2 Å². The summed E-state index contributed by atoms with van der Waals surface area (Å²) in [5, 5.41) is 0.592. The van der Waals surface area contributed by atoms with E-state index in [0.717, 1.165) is 5.56 Å². The molecule has 2 heterocycles. The Labute approximate surface area is 151 Å². The van der Waals surface area contributed by atoms with E-state index in [1.54, 1.807) is 17.0 Å². The molecule has 132 valence electrons. The van der Waals surface area contributed by atoms with Gasteiger partial charge in [-0.3, -0.25) is 19.3 Å². The van der Waals surface area contributed by atoms with E-state index in [1.165, 1.54) is 11.0 Å². The Hall–Kier alpha value is -2.18. The lowest BCUT2D eigenvalue weighted by atomic mass is 10.0. The average Bonchev–Trinajstić information content (AvgIpc) is 2.61. The predicted molar refractivity (Wildman–Crippen MR) is 92.8 cm³/mol. The molecule has 3 rings (SSSR count). The average molecular weight is 363 g/mol. The van der Waals surface area contributed by atoms with Crippen LogP contribution in [0.25, 0.3) is 6.08 Å². The maximum atomic E-state index is 12.3. The van der Waals surface area contributed by atoms with Crippen molar-refractivity contribution in [3.8, 4) is 0 Å². The number of nitrogens with zero attached hydrogens (tertiary/aromatic N) is 2. The van der Waals surface area contributed by atoms with Gasteiger partial charge >= 0.3 is 0 Å². The standard InChI is InChI=1S/C18H19ClN2O4/c19-15-4-2-1-3-13(15)5-6-16(22)20-9-7-14(8-10-20)21-17(23)11-25-12-18(21)24/h1-6,14H,7-12H2. The predicted octanol–water partition coefficient (Wildman–Crippen LogP) is 1.73. The van der Waals surface area contributed by atoms with Gasteiger partial charge < -0.3 is 9.64 Å². The second-order valence-electron chi connectivity index (χ2n) is 6.06. The van der Waals surface area contributed by atoms with E-state index in [4.69, 9.17) is 16.3 Å².